The van der Waals surface area contributed by atoms with Crippen LogP contribution in [-0.4, -0.2) is 24.4 Å². The molecule has 90 valence electrons. The van der Waals surface area contributed by atoms with Crippen molar-refractivity contribution in [2.45, 2.75) is 0 Å². The highest BCUT2D eigenvalue weighted by atomic mass is 17.3. The molecular weight excluding hydrogens is 232 g/mol. The average molecular weight is 238 g/mol. The number of urea groups is 1. The van der Waals surface area contributed by atoms with Crippen molar-refractivity contribution >= 4 is 24.4 Å². The lowest BCUT2D eigenvalue weighted by molar-refractivity contribution is -0.264. The van der Waals surface area contributed by atoms with Gasteiger partial charge in [-0.05, 0) is 0 Å². The van der Waals surface area contributed by atoms with Gasteiger partial charge in [0.15, 0.2) is 0 Å². The maximum atomic E-state index is 10.5. The fourth-order valence-corrected chi connectivity index (χ4v) is 0.294. The van der Waals surface area contributed by atoms with Gasteiger partial charge < -0.3 is 11.5 Å². The Hall–Kier alpha value is -2.92. The van der Waals surface area contributed by atoms with Crippen molar-refractivity contribution in [3.8, 4) is 0 Å². The quantitative estimate of drug-likeness (QED) is 0.286. The minimum Gasteiger partial charge on any atom is -0.350 e. The molecule has 0 aromatic carbocycles. The second kappa shape index (κ2) is 6.52. The van der Waals surface area contributed by atoms with Gasteiger partial charge in [-0.1, -0.05) is 0 Å². The summed E-state index contributed by atoms with van der Waals surface area (Å²) >= 11 is 0. The monoisotopic (exact) mass is 238 g/mol. The van der Waals surface area contributed by atoms with Crippen molar-refractivity contribution in [2.75, 3.05) is 0 Å². The van der Waals surface area contributed by atoms with Gasteiger partial charge in [-0.2, -0.15) is 14.6 Å². The van der Waals surface area contributed by atoms with Crippen molar-refractivity contribution in [1.29, 1.82) is 0 Å². The number of primary amides is 2. The van der Waals surface area contributed by atoms with Crippen LogP contribution in [0, 0.1) is 0 Å². The van der Waals surface area contributed by atoms with Gasteiger partial charge in [0.25, 0.3) is 0 Å². The molecule has 0 spiro atoms. The summed E-state index contributed by atoms with van der Waals surface area (Å²) in [5.41, 5.74) is 12.1. The molecule has 0 fully saturated rings. The third kappa shape index (κ3) is 7.71. The lowest BCUT2D eigenvalue weighted by Gasteiger charge is -2.03. The van der Waals surface area contributed by atoms with E-state index in [-0.39, 0.29) is 0 Å². The lowest BCUT2D eigenvalue weighted by atomic mass is 11.1. The molecule has 0 saturated carbocycles. The van der Waals surface area contributed by atoms with Crippen molar-refractivity contribution in [1.82, 2.24) is 10.9 Å². The number of carbonyl (C=O) groups is 4. The molecular formula is C4H6N4O8. The number of carbonyl (C=O) groups excluding carboxylic acids is 4. The second-order valence-electron chi connectivity index (χ2n) is 1.80. The van der Waals surface area contributed by atoms with Crippen LogP contribution in [0.15, 0.2) is 0 Å². The third-order valence-corrected chi connectivity index (χ3v) is 0.665. The van der Waals surface area contributed by atoms with Crippen LogP contribution in [-0.2, 0) is 19.6 Å². The Morgan fingerprint density at radius 3 is 1.88 bits per heavy atom. The van der Waals surface area contributed by atoms with Crippen LogP contribution in [0.1, 0.15) is 0 Å². The number of hydrazine groups is 1. The predicted molar refractivity (Wildman–Crippen MR) is 40.6 cm³/mol. The van der Waals surface area contributed by atoms with Gasteiger partial charge in [0.2, 0.25) is 0 Å². The molecule has 0 aromatic heterocycles. The van der Waals surface area contributed by atoms with Crippen LogP contribution in [0.4, 0.5) is 19.2 Å². The first-order chi connectivity index (χ1) is 7.41. The zero-order valence-corrected chi connectivity index (χ0v) is 7.42. The summed E-state index contributed by atoms with van der Waals surface area (Å²) in [5, 5.41) is 0. The van der Waals surface area contributed by atoms with Gasteiger partial charge in [-0.15, -0.1) is 0 Å². The van der Waals surface area contributed by atoms with E-state index >= 15 is 0 Å². The van der Waals surface area contributed by atoms with E-state index in [4.69, 9.17) is 0 Å². The van der Waals surface area contributed by atoms with Crippen LogP contribution >= 0.6 is 0 Å². The summed E-state index contributed by atoms with van der Waals surface area (Å²) < 4.78 is 0. The van der Waals surface area contributed by atoms with E-state index in [1.165, 1.54) is 0 Å². The van der Waals surface area contributed by atoms with E-state index in [1.807, 2.05) is 0 Å². The van der Waals surface area contributed by atoms with Gasteiger partial charge in [-0.3, -0.25) is 0 Å². The first-order valence-electron chi connectivity index (χ1n) is 3.29. The largest absolute Gasteiger partial charge is 0.592 e. The van der Waals surface area contributed by atoms with Crippen molar-refractivity contribution in [2.24, 2.45) is 11.5 Å². The minimum absolute atomic E-state index is 1.09. The van der Waals surface area contributed by atoms with Crippen LogP contribution < -0.4 is 22.3 Å². The highest BCUT2D eigenvalue weighted by molar-refractivity contribution is 5.76. The molecule has 16 heavy (non-hydrogen) atoms. The molecule has 0 aliphatic rings. The Morgan fingerprint density at radius 1 is 0.812 bits per heavy atom. The number of nitrogens with one attached hydrogen (secondary N) is 2. The summed E-state index contributed by atoms with van der Waals surface area (Å²) in [7, 11) is 0. The second-order valence-corrected chi connectivity index (χ2v) is 1.80. The molecule has 0 radical (unpaired) electrons. The molecule has 0 bridgehead atoms. The maximum Gasteiger partial charge on any atom is 0.592 e. The summed E-state index contributed by atoms with van der Waals surface area (Å²) in [6.07, 6.45) is -4.50. The van der Waals surface area contributed by atoms with Crippen LogP contribution in [0.5, 0.6) is 0 Å². The third-order valence-electron chi connectivity index (χ3n) is 0.665. The van der Waals surface area contributed by atoms with E-state index in [0.717, 1.165) is 0 Å². The number of amides is 4. The molecule has 0 aliphatic heterocycles. The molecule has 0 aromatic rings. The van der Waals surface area contributed by atoms with Crippen LogP contribution in [0.2, 0.25) is 0 Å². The SMILES string of the molecule is NC(=O)NNC(=O)OOC(=O)OOC(N)=O. The molecule has 0 aliphatic carbocycles. The molecule has 12 heteroatoms. The van der Waals surface area contributed by atoms with E-state index in [9.17, 15) is 19.2 Å². The molecule has 0 rings (SSSR count). The van der Waals surface area contributed by atoms with E-state index < -0.39 is 24.4 Å². The first kappa shape index (κ1) is 13.1. The van der Waals surface area contributed by atoms with Gasteiger partial charge in [0.1, 0.15) is 0 Å². The first-order valence-corrected chi connectivity index (χ1v) is 3.29. The molecule has 0 saturated heterocycles. The Labute approximate surface area is 86.5 Å². The Bertz CT molecular complexity index is 272. The van der Waals surface area contributed by atoms with Crippen molar-refractivity contribution < 1.29 is 38.7 Å². The molecule has 4 amide bonds. The van der Waals surface area contributed by atoms with Crippen molar-refractivity contribution in [3.63, 3.8) is 0 Å². The fraction of sp³-hybridized carbons (Fsp3) is 0. The molecule has 12 nitrogen and oxygen atoms in total. The normalized spacial score (nSPS) is 8.25. The van der Waals surface area contributed by atoms with Crippen LogP contribution in [0.25, 0.3) is 0 Å². The maximum absolute atomic E-state index is 10.5. The van der Waals surface area contributed by atoms with E-state index in [2.05, 4.69) is 31.0 Å². The van der Waals surface area contributed by atoms with Crippen molar-refractivity contribution in [3.05, 3.63) is 0 Å². The molecule has 6 N–H and O–H groups in total. The van der Waals surface area contributed by atoms with Gasteiger partial charge in [-0.25, -0.2) is 35.0 Å². The zero-order valence-electron chi connectivity index (χ0n) is 7.42. The van der Waals surface area contributed by atoms with Gasteiger partial charge in [0.05, 0.1) is 0 Å². The lowest BCUT2D eigenvalue weighted by Crippen LogP contribution is -2.44. The summed E-state index contributed by atoms with van der Waals surface area (Å²) in [6.45, 7) is 0. The summed E-state index contributed by atoms with van der Waals surface area (Å²) in [5.74, 6) is 0. The predicted octanol–water partition coefficient (Wildman–Crippen LogP) is -1.63. The number of nitrogens with two attached hydrogens (primary N) is 2. The molecule has 0 heterocycles. The Balaban J connectivity index is 3.63. The fourth-order valence-electron chi connectivity index (χ4n) is 0.294. The Morgan fingerprint density at radius 2 is 1.38 bits per heavy atom. The summed E-state index contributed by atoms with van der Waals surface area (Å²) in [6, 6.07) is -1.09. The number of hydrogen-bond acceptors (Lipinski definition) is 8. The number of hydrogen-bond donors (Lipinski definition) is 4. The number of rotatable bonds is 0. The van der Waals surface area contributed by atoms with E-state index in [0.29, 0.717) is 0 Å². The molecule has 0 unspecified atom stereocenters. The molecule has 0 atom stereocenters. The average Bonchev–Trinajstić information content (AvgIpc) is 2.20. The summed E-state index contributed by atoms with van der Waals surface area (Å²) in [4.78, 5) is 55.2. The topological polar surface area (TPSA) is 181 Å². The highest BCUT2D eigenvalue weighted by Crippen LogP contribution is 1.88. The smallest absolute Gasteiger partial charge is 0.350 e. The zero-order chi connectivity index (χ0) is 12.6. The van der Waals surface area contributed by atoms with Crippen LogP contribution in [0.3, 0.4) is 0 Å². The standard InChI is InChI=1S/C4H6N4O8/c5-1(9)7-8-3(11)14-16-4(12)15-13-2(6)10/h(H2,6,10)(H,8,11)(H3,5,7,9). The van der Waals surface area contributed by atoms with E-state index in [1.54, 1.807) is 10.9 Å². The Kier molecular flexibility index (Phi) is 5.33. The van der Waals surface area contributed by atoms with Gasteiger partial charge in [0, 0.05) is 0 Å². The van der Waals surface area contributed by atoms with Gasteiger partial charge >= 0.3 is 24.4 Å². The minimum atomic E-state index is -1.69. The highest BCUT2D eigenvalue weighted by Gasteiger charge is 2.13.